The van der Waals surface area contributed by atoms with Crippen molar-refractivity contribution in [1.29, 1.82) is 0 Å². The smallest absolute Gasteiger partial charge is 0.242 e. The van der Waals surface area contributed by atoms with Crippen molar-refractivity contribution in [2.24, 2.45) is 10.9 Å². The second kappa shape index (κ2) is 10.2. The van der Waals surface area contributed by atoms with Crippen molar-refractivity contribution in [2.75, 3.05) is 11.9 Å². The van der Waals surface area contributed by atoms with E-state index >= 15 is 0 Å². The Balaban J connectivity index is 1.75. The Hall–Kier alpha value is -2.45. The maximum Gasteiger partial charge on any atom is 0.242 e. The zero-order chi connectivity index (χ0) is 22.5. The van der Waals surface area contributed by atoms with Crippen LogP contribution in [0, 0.1) is 5.92 Å². The molecule has 1 fully saturated rings. The molecule has 1 unspecified atom stereocenters. The normalized spacial score (nSPS) is 17.5. The predicted octanol–water partition coefficient (Wildman–Crippen LogP) is 5.27. The lowest BCUT2D eigenvalue weighted by atomic mass is 10.1. The molecule has 0 saturated carbocycles. The van der Waals surface area contributed by atoms with Crippen molar-refractivity contribution in [3.63, 3.8) is 0 Å². The van der Waals surface area contributed by atoms with Gasteiger partial charge in [-0.2, -0.15) is 0 Å². The van der Waals surface area contributed by atoms with E-state index in [0.29, 0.717) is 28.7 Å². The van der Waals surface area contributed by atoms with Gasteiger partial charge in [-0.1, -0.05) is 41.5 Å². The average Bonchev–Trinajstić information content (AvgIpc) is 2.98. The van der Waals surface area contributed by atoms with E-state index < -0.39 is 5.25 Å². The maximum absolute atomic E-state index is 13.0. The molecule has 1 atom stereocenters. The third kappa shape index (κ3) is 6.27. The van der Waals surface area contributed by atoms with Gasteiger partial charge in [-0.15, -0.1) is 0 Å². The van der Waals surface area contributed by atoms with Crippen LogP contribution in [0.1, 0.15) is 37.6 Å². The van der Waals surface area contributed by atoms with Crippen LogP contribution in [0.2, 0.25) is 0 Å². The highest BCUT2D eigenvalue weighted by Crippen LogP contribution is 2.32. The highest BCUT2D eigenvalue weighted by molar-refractivity contribution is 9.10. The van der Waals surface area contributed by atoms with Gasteiger partial charge in [0.05, 0.1) is 5.69 Å². The number of nitrogens with one attached hydrogen (secondary N) is 1. The Kier molecular flexibility index (Phi) is 7.67. The summed E-state index contributed by atoms with van der Waals surface area (Å²) in [6.07, 6.45) is 0.0659. The number of Topliss-reactive ketones (excluding diaryl/α,β-unsaturated/α-hetero) is 1. The molecule has 0 spiro atoms. The zero-order valence-corrected chi connectivity index (χ0v) is 20.0. The van der Waals surface area contributed by atoms with Crippen LogP contribution in [0.5, 0.6) is 0 Å². The summed E-state index contributed by atoms with van der Waals surface area (Å²) >= 11 is 4.67. The summed E-state index contributed by atoms with van der Waals surface area (Å²) in [5.41, 5.74) is 1.96. The molecular formula is C23H24BrN3O3S. The summed E-state index contributed by atoms with van der Waals surface area (Å²) in [4.78, 5) is 43.3. The Morgan fingerprint density at radius 1 is 1.13 bits per heavy atom. The summed E-state index contributed by atoms with van der Waals surface area (Å²) in [6, 6.07) is 14.3. The van der Waals surface area contributed by atoms with Gasteiger partial charge in [-0.05, 0) is 61.4 Å². The fraction of sp³-hybridized carbons (Fsp3) is 0.304. The van der Waals surface area contributed by atoms with E-state index in [1.54, 1.807) is 41.3 Å². The minimum atomic E-state index is -0.524. The van der Waals surface area contributed by atoms with Crippen LogP contribution in [0.25, 0.3) is 0 Å². The molecule has 0 bridgehead atoms. The van der Waals surface area contributed by atoms with Crippen molar-refractivity contribution >= 4 is 61.8 Å². The minimum absolute atomic E-state index is 0.0112. The van der Waals surface area contributed by atoms with Crippen LogP contribution >= 0.6 is 27.7 Å². The lowest BCUT2D eigenvalue weighted by Crippen LogP contribution is -2.36. The lowest BCUT2D eigenvalue weighted by Gasteiger charge is -2.18. The van der Waals surface area contributed by atoms with Crippen LogP contribution in [0.15, 0.2) is 58.0 Å². The number of anilines is 1. The number of nitrogens with zero attached hydrogens (tertiary/aromatic N) is 2. The standard InChI is InChI=1S/C23H24BrN3O3S/c1-14(2)13-27-22(30)20(12-21(29)25-18-10-6-17(24)7-11-18)31-23(27)26-19-8-4-16(5-9-19)15(3)28/h4-11,14,20H,12-13H2,1-3H3,(H,25,29). The summed E-state index contributed by atoms with van der Waals surface area (Å²) in [6.45, 7) is 6.11. The van der Waals surface area contributed by atoms with Crippen LogP contribution in [0.3, 0.4) is 0 Å². The Bertz CT molecular complexity index is 1000. The molecule has 162 valence electrons. The molecule has 2 amide bonds. The first-order chi connectivity index (χ1) is 14.7. The largest absolute Gasteiger partial charge is 0.326 e. The summed E-state index contributed by atoms with van der Waals surface area (Å²) in [5.74, 6) is -0.0819. The van der Waals surface area contributed by atoms with Crippen LogP contribution in [-0.2, 0) is 9.59 Å². The number of halogens is 1. The fourth-order valence-corrected chi connectivity index (χ4v) is 4.48. The minimum Gasteiger partial charge on any atom is -0.326 e. The maximum atomic E-state index is 13.0. The second-order valence-electron chi connectivity index (χ2n) is 7.71. The first-order valence-corrected chi connectivity index (χ1v) is 11.6. The SMILES string of the molecule is CC(=O)c1ccc(N=C2SC(CC(=O)Nc3ccc(Br)cc3)C(=O)N2CC(C)C)cc1. The molecule has 8 heteroatoms. The number of aliphatic imine (C=N–C) groups is 1. The molecule has 31 heavy (non-hydrogen) atoms. The number of carbonyl (C=O) groups excluding carboxylic acids is 3. The van der Waals surface area contributed by atoms with Gasteiger partial charge in [-0.25, -0.2) is 4.99 Å². The number of amides is 2. The molecule has 0 aliphatic carbocycles. The molecule has 1 saturated heterocycles. The van der Waals surface area contributed by atoms with Gasteiger partial charge in [0.2, 0.25) is 11.8 Å². The highest BCUT2D eigenvalue weighted by Gasteiger charge is 2.39. The molecule has 1 N–H and O–H groups in total. The van der Waals surface area contributed by atoms with E-state index in [0.717, 1.165) is 4.47 Å². The number of hydrogen-bond acceptors (Lipinski definition) is 5. The van der Waals surface area contributed by atoms with Crippen molar-refractivity contribution in [3.8, 4) is 0 Å². The van der Waals surface area contributed by atoms with E-state index in [-0.39, 0.29) is 29.9 Å². The van der Waals surface area contributed by atoms with Crippen molar-refractivity contribution in [3.05, 3.63) is 58.6 Å². The average molecular weight is 502 g/mol. The van der Waals surface area contributed by atoms with Crippen molar-refractivity contribution in [2.45, 2.75) is 32.4 Å². The predicted molar refractivity (Wildman–Crippen MR) is 129 cm³/mol. The fourth-order valence-electron chi connectivity index (χ4n) is 3.05. The summed E-state index contributed by atoms with van der Waals surface area (Å²) in [7, 11) is 0. The lowest BCUT2D eigenvalue weighted by molar-refractivity contribution is -0.128. The van der Waals surface area contributed by atoms with Gasteiger partial charge in [0, 0.05) is 28.7 Å². The molecule has 0 aromatic heterocycles. The van der Waals surface area contributed by atoms with E-state index in [4.69, 9.17) is 0 Å². The third-order valence-electron chi connectivity index (χ3n) is 4.57. The van der Waals surface area contributed by atoms with Crippen LogP contribution in [-0.4, -0.2) is 39.5 Å². The topological polar surface area (TPSA) is 78.8 Å². The van der Waals surface area contributed by atoms with Crippen molar-refractivity contribution < 1.29 is 14.4 Å². The van der Waals surface area contributed by atoms with E-state index in [9.17, 15) is 14.4 Å². The molecule has 3 rings (SSSR count). The molecular weight excluding hydrogens is 478 g/mol. The quantitative estimate of drug-likeness (QED) is 0.524. The van der Waals surface area contributed by atoms with Gasteiger partial charge >= 0.3 is 0 Å². The highest BCUT2D eigenvalue weighted by atomic mass is 79.9. The molecule has 6 nitrogen and oxygen atoms in total. The van der Waals surface area contributed by atoms with Crippen LogP contribution in [0.4, 0.5) is 11.4 Å². The second-order valence-corrected chi connectivity index (χ2v) is 9.79. The van der Waals surface area contributed by atoms with E-state index in [1.807, 2.05) is 26.0 Å². The number of thioether (sulfide) groups is 1. The molecule has 2 aromatic rings. The summed E-state index contributed by atoms with van der Waals surface area (Å²) < 4.78 is 0.925. The Labute approximate surface area is 194 Å². The molecule has 1 heterocycles. The van der Waals surface area contributed by atoms with E-state index in [2.05, 4.69) is 26.2 Å². The van der Waals surface area contributed by atoms with Gasteiger partial charge in [-0.3, -0.25) is 19.3 Å². The first kappa shape index (κ1) is 23.2. The summed E-state index contributed by atoms with van der Waals surface area (Å²) in [5, 5.41) is 2.89. The number of hydrogen-bond donors (Lipinski definition) is 1. The van der Waals surface area contributed by atoms with Crippen LogP contribution < -0.4 is 5.32 Å². The number of rotatable bonds is 7. The van der Waals surface area contributed by atoms with Gasteiger partial charge < -0.3 is 5.32 Å². The molecule has 2 aromatic carbocycles. The van der Waals surface area contributed by atoms with E-state index in [1.165, 1.54) is 18.7 Å². The van der Waals surface area contributed by atoms with Gasteiger partial charge in [0.25, 0.3) is 0 Å². The molecule has 0 radical (unpaired) electrons. The number of ketones is 1. The van der Waals surface area contributed by atoms with Crippen molar-refractivity contribution in [1.82, 2.24) is 4.90 Å². The van der Waals surface area contributed by atoms with Gasteiger partial charge in [0.15, 0.2) is 11.0 Å². The zero-order valence-electron chi connectivity index (χ0n) is 17.6. The number of carbonyl (C=O) groups is 3. The number of amidine groups is 1. The monoisotopic (exact) mass is 501 g/mol. The molecule has 1 aliphatic rings. The third-order valence-corrected chi connectivity index (χ3v) is 6.27. The first-order valence-electron chi connectivity index (χ1n) is 9.96. The molecule has 1 aliphatic heterocycles. The Morgan fingerprint density at radius 2 is 1.77 bits per heavy atom. The van der Waals surface area contributed by atoms with Gasteiger partial charge in [0.1, 0.15) is 5.25 Å². The number of benzene rings is 2. The Morgan fingerprint density at radius 3 is 2.35 bits per heavy atom.